The van der Waals surface area contributed by atoms with E-state index in [0.29, 0.717) is 6.54 Å². The van der Waals surface area contributed by atoms with Crippen molar-refractivity contribution in [2.24, 2.45) is 4.99 Å². The largest absolute Gasteiger partial charge is 0.376 e. The van der Waals surface area contributed by atoms with Crippen molar-refractivity contribution in [2.75, 3.05) is 40.8 Å². The van der Waals surface area contributed by atoms with Gasteiger partial charge in [-0.2, -0.15) is 0 Å². The number of halogens is 1. The van der Waals surface area contributed by atoms with Crippen LogP contribution in [0.2, 0.25) is 0 Å². The van der Waals surface area contributed by atoms with Crippen LogP contribution in [0.4, 0.5) is 0 Å². The van der Waals surface area contributed by atoms with Crippen LogP contribution in [0.1, 0.15) is 24.0 Å². The Morgan fingerprint density at radius 2 is 1.96 bits per heavy atom. The maximum Gasteiger partial charge on any atom is 0.243 e. The van der Waals surface area contributed by atoms with Crippen LogP contribution in [0.25, 0.3) is 0 Å². The van der Waals surface area contributed by atoms with E-state index in [4.69, 9.17) is 4.74 Å². The second-order valence-corrected chi connectivity index (χ2v) is 6.79. The van der Waals surface area contributed by atoms with Crippen LogP contribution in [0, 0.1) is 6.92 Å². The Hall–Kier alpha value is -1.35. The molecule has 2 rings (SSSR count). The molecule has 0 bridgehead atoms. The van der Waals surface area contributed by atoms with Crippen molar-refractivity contribution in [3.8, 4) is 0 Å². The van der Waals surface area contributed by atoms with E-state index in [2.05, 4.69) is 41.5 Å². The number of carbonyl (C=O) groups is 1. The van der Waals surface area contributed by atoms with Crippen molar-refractivity contribution in [1.82, 2.24) is 15.1 Å². The number of guanidine groups is 1. The van der Waals surface area contributed by atoms with Gasteiger partial charge in [-0.15, -0.1) is 24.0 Å². The van der Waals surface area contributed by atoms with Gasteiger partial charge in [0.25, 0.3) is 0 Å². The first-order valence-corrected chi connectivity index (χ1v) is 8.82. The first kappa shape index (κ1) is 22.7. The van der Waals surface area contributed by atoms with Gasteiger partial charge in [0.2, 0.25) is 5.91 Å². The third-order valence-electron chi connectivity index (χ3n) is 4.28. The fourth-order valence-electron chi connectivity index (χ4n) is 2.65. The molecule has 1 N–H and O–H groups in total. The molecule has 1 heterocycles. The lowest BCUT2D eigenvalue weighted by Crippen LogP contribution is -2.42. The van der Waals surface area contributed by atoms with Gasteiger partial charge in [0.15, 0.2) is 5.96 Å². The van der Waals surface area contributed by atoms with Crippen molar-refractivity contribution < 1.29 is 9.53 Å². The smallest absolute Gasteiger partial charge is 0.243 e. The zero-order valence-corrected chi connectivity index (χ0v) is 18.5. The van der Waals surface area contributed by atoms with Crippen LogP contribution >= 0.6 is 24.0 Å². The minimum absolute atomic E-state index is 0. The summed E-state index contributed by atoms with van der Waals surface area (Å²) in [5.74, 6) is 0.714. The van der Waals surface area contributed by atoms with E-state index in [0.717, 1.165) is 32.0 Å². The quantitative estimate of drug-likeness (QED) is 0.391. The Labute approximate surface area is 174 Å². The SMILES string of the molecule is Cc1ccc(CN(C)C(=NCC(=O)N(C)C)NCC2CCCO2)cc1.I. The van der Waals surface area contributed by atoms with Gasteiger partial charge in [-0.25, -0.2) is 4.99 Å². The monoisotopic (exact) mass is 474 g/mol. The molecule has 1 aromatic rings. The number of ether oxygens (including phenoxy) is 1. The molecule has 26 heavy (non-hydrogen) atoms. The highest BCUT2D eigenvalue weighted by atomic mass is 127. The Morgan fingerprint density at radius 1 is 1.27 bits per heavy atom. The average Bonchev–Trinajstić information content (AvgIpc) is 3.10. The Morgan fingerprint density at radius 3 is 2.54 bits per heavy atom. The van der Waals surface area contributed by atoms with Gasteiger partial charge in [0.05, 0.1) is 6.10 Å². The molecular formula is C19H31IN4O2. The van der Waals surface area contributed by atoms with E-state index in [1.54, 1.807) is 19.0 Å². The van der Waals surface area contributed by atoms with Gasteiger partial charge in [0.1, 0.15) is 6.54 Å². The molecule has 0 spiro atoms. The molecule has 1 unspecified atom stereocenters. The van der Waals surface area contributed by atoms with Crippen LogP contribution in [0.15, 0.2) is 29.3 Å². The maximum absolute atomic E-state index is 11.9. The second-order valence-electron chi connectivity index (χ2n) is 6.79. The van der Waals surface area contributed by atoms with Gasteiger partial charge in [-0.05, 0) is 25.3 Å². The number of benzene rings is 1. The van der Waals surface area contributed by atoms with Gasteiger partial charge in [-0.3, -0.25) is 4.79 Å². The summed E-state index contributed by atoms with van der Waals surface area (Å²) in [5, 5.41) is 3.37. The predicted molar refractivity (Wildman–Crippen MR) is 116 cm³/mol. The molecule has 1 atom stereocenters. The highest BCUT2D eigenvalue weighted by Crippen LogP contribution is 2.11. The lowest BCUT2D eigenvalue weighted by atomic mass is 10.1. The Bertz CT molecular complexity index is 584. The van der Waals surface area contributed by atoms with Crippen LogP contribution < -0.4 is 5.32 Å². The molecule has 1 saturated heterocycles. The summed E-state index contributed by atoms with van der Waals surface area (Å²) < 4.78 is 5.67. The molecule has 1 amide bonds. The molecule has 1 aliphatic rings. The van der Waals surface area contributed by atoms with Crippen LogP contribution in [-0.4, -0.2) is 68.6 Å². The van der Waals surface area contributed by atoms with Crippen molar-refractivity contribution in [1.29, 1.82) is 0 Å². The fourth-order valence-corrected chi connectivity index (χ4v) is 2.65. The van der Waals surface area contributed by atoms with Crippen molar-refractivity contribution in [3.05, 3.63) is 35.4 Å². The van der Waals surface area contributed by atoms with Crippen LogP contribution in [0.3, 0.4) is 0 Å². The number of carbonyl (C=O) groups excluding carboxylic acids is 1. The fraction of sp³-hybridized carbons (Fsp3) is 0.579. The van der Waals surface area contributed by atoms with E-state index in [-0.39, 0.29) is 42.5 Å². The third kappa shape index (κ3) is 7.49. The second kappa shape index (κ2) is 11.4. The number of nitrogens with one attached hydrogen (secondary N) is 1. The molecule has 6 nitrogen and oxygen atoms in total. The van der Waals surface area contributed by atoms with Crippen molar-refractivity contribution in [3.63, 3.8) is 0 Å². The predicted octanol–water partition coefficient (Wildman–Crippen LogP) is 2.26. The zero-order valence-electron chi connectivity index (χ0n) is 16.2. The lowest BCUT2D eigenvalue weighted by molar-refractivity contribution is -0.127. The lowest BCUT2D eigenvalue weighted by Gasteiger charge is -2.24. The summed E-state index contributed by atoms with van der Waals surface area (Å²) >= 11 is 0. The number of nitrogens with zero attached hydrogens (tertiary/aromatic N) is 3. The van der Waals surface area contributed by atoms with Gasteiger partial charge >= 0.3 is 0 Å². The number of amides is 1. The number of rotatable bonds is 6. The Kier molecular flexibility index (Phi) is 9.93. The highest BCUT2D eigenvalue weighted by Gasteiger charge is 2.17. The molecule has 0 aromatic heterocycles. The summed E-state index contributed by atoms with van der Waals surface area (Å²) in [5.41, 5.74) is 2.45. The number of hydrogen-bond acceptors (Lipinski definition) is 3. The van der Waals surface area contributed by atoms with E-state index >= 15 is 0 Å². The number of hydrogen-bond donors (Lipinski definition) is 1. The summed E-state index contributed by atoms with van der Waals surface area (Å²) in [6.45, 7) is 4.49. The standard InChI is InChI=1S/C19H30N4O2.HI/c1-15-7-9-16(10-8-15)14-23(4)19(21-13-18(24)22(2)3)20-12-17-6-5-11-25-17;/h7-10,17H,5-6,11-14H2,1-4H3,(H,20,21);1H. The number of aliphatic imine (C=N–C) groups is 1. The van der Waals surface area contributed by atoms with Crippen molar-refractivity contribution in [2.45, 2.75) is 32.4 Å². The van der Waals surface area contributed by atoms with Crippen LogP contribution in [-0.2, 0) is 16.1 Å². The molecular weight excluding hydrogens is 443 g/mol. The summed E-state index contributed by atoms with van der Waals surface area (Å²) in [6.07, 6.45) is 2.40. The third-order valence-corrected chi connectivity index (χ3v) is 4.28. The highest BCUT2D eigenvalue weighted by molar-refractivity contribution is 14.0. The van der Waals surface area contributed by atoms with E-state index < -0.39 is 0 Å². The van der Waals surface area contributed by atoms with Crippen molar-refractivity contribution >= 4 is 35.8 Å². The zero-order chi connectivity index (χ0) is 18.2. The summed E-state index contributed by atoms with van der Waals surface area (Å²) in [6, 6.07) is 8.45. The molecule has 1 aromatic carbocycles. The van der Waals surface area contributed by atoms with E-state index in [1.165, 1.54) is 11.1 Å². The summed E-state index contributed by atoms with van der Waals surface area (Å²) in [4.78, 5) is 20.0. The first-order chi connectivity index (χ1) is 12.0. The van der Waals surface area contributed by atoms with E-state index in [1.807, 2.05) is 11.9 Å². The first-order valence-electron chi connectivity index (χ1n) is 8.82. The maximum atomic E-state index is 11.9. The normalized spacial score (nSPS) is 16.8. The minimum Gasteiger partial charge on any atom is -0.376 e. The Balaban J connectivity index is 0.00000338. The molecule has 0 radical (unpaired) electrons. The molecule has 1 fully saturated rings. The number of likely N-dealkylation sites (N-methyl/N-ethyl adjacent to an activating group) is 1. The number of aryl methyl sites for hydroxylation is 1. The van der Waals surface area contributed by atoms with Gasteiger partial charge in [0, 0.05) is 40.8 Å². The minimum atomic E-state index is -0.0137. The molecule has 1 aliphatic heterocycles. The topological polar surface area (TPSA) is 57.2 Å². The molecule has 146 valence electrons. The molecule has 7 heteroatoms. The van der Waals surface area contributed by atoms with E-state index in [9.17, 15) is 4.79 Å². The van der Waals surface area contributed by atoms with Gasteiger partial charge < -0.3 is 19.9 Å². The van der Waals surface area contributed by atoms with Crippen LogP contribution in [0.5, 0.6) is 0 Å². The molecule has 0 saturated carbocycles. The molecule has 0 aliphatic carbocycles. The summed E-state index contributed by atoms with van der Waals surface area (Å²) in [7, 11) is 5.47. The van der Waals surface area contributed by atoms with Gasteiger partial charge in [-0.1, -0.05) is 29.8 Å². The average molecular weight is 474 g/mol.